The molecule has 1 aromatic heterocycles. The van der Waals surface area contributed by atoms with Crippen molar-refractivity contribution < 1.29 is 14.3 Å². The van der Waals surface area contributed by atoms with Crippen LogP contribution in [0.1, 0.15) is 16.8 Å². The number of aliphatic hydroxyl groups excluding tert-OH is 1. The summed E-state index contributed by atoms with van der Waals surface area (Å²) < 4.78 is 13.4. The van der Waals surface area contributed by atoms with Crippen LogP contribution < -0.4 is 10.9 Å². The summed E-state index contributed by atoms with van der Waals surface area (Å²) >= 11 is 1.08. The molecule has 0 saturated heterocycles. The monoisotopic (exact) mass is 351 g/mol. The van der Waals surface area contributed by atoms with E-state index in [1.54, 1.807) is 26.0 Å². The topological polar surface area (TPSA) is 95.1 Å². The van der Waals surface area contributed by atoms with E-state index < -0.39 is 0 Å². The highest BCUT2D eigenvalue weighted by molar-refractivity contribution is 7.99. The van der Waals surface area contributed by atoms with Gasteiger partial charge in [-0.2, -0.15) is 0 Å². The lowest BCUT2D eigenvalue weighted by atomic mass is 10.2. The number of aromatic nitrogens is 2. The fraction of sp³-hybridized carbons (Fsp3) is 0.312. The van der Waals surface area contributed by atoms with Gasteiger partial charge in [0.15, 0.2) is 5.16 Å². The van der Waals surface area contributed by atoms with E-state index in [9.17, 15) is 14.0 Å². The summed E-state index contributed by atoms with van der Waals surface area (Å²) in [6, 6.07) is 4.46. The highest BCUT2D eigenvalue weighted by atomic mass is 32.2. The van der Waals surface area contributed by atoms with Crippen LogP contribution in [0.4, 0.5) is 10.1 Å². The van der Waals surface area contributed by atoms with Crippen LogP contribution >= 0.6 is 11.8 Å². The van der Waals surface area contributed by atoms with E-state index in [2.05, 4.69) is 15.3 Å². The first kappa shape index (κ1) is 18.2. The summed E-state index contributed by atoms with van der Waals surface area (Å²) in [6.07, 6.45) is 0.235. The number of hydrogen-bond acceptors (Lipinski definition) is 5. The number of carbonyl (C=O) groups is 1. The minimum atomic E-state index is -0.387. The molecule has 0 bridgehead atoms. The van der Waals surface area contributed by atoms with Crippen LogP contribution in [0.15, 0.2) is 28.2 Å². The Bertz CT molecular complexity index is 808. The molecule has 0 saturated carbocycles. The van der Waals surface area contributed by atoms with Crippen LogP contribution in [-0.4, -0.2) is 33.3 Å². The third-order valence-corrected chi connectivity index (χ3v) is 4.23. The fourth-order valence-electron chi connectivity index (χ4n) is 2.06. The summed E-state index contributed by atoms with van der Waals surface area (Å²) in [6.45, 7) is 3.19. The second-order valence-corrected chi connectivity index (χ2v) is 6.17. The Morgan fingerprint density at radius 3 is 2.79 bits per heavy atom. The van der Waals surface area contributed by atoms with Gasteiger partial charge in [-0.3, -0.25) is 9.59 Å². The van der Waals surface area contributed by atoms with E-state index in [1.165, 1.54) is 6.07 Å². The van der Waals surface area contributed by atoms with Gasteiger partial charge in [-0.15, -0.1) is 0 Å². The maximum Gasteiger partial charge on any atom is 0.255 e. The molecular formula is C16H18FN3O3S. The summed E-state index contributed by atoms with van der Waals surface area (Å²) in [7, 11) is 0. The second kappa shape index (κ2) is 8.07. The van der Waals surface area contributed by atoms with Gasteiger partial charge in [-0.25, -0.2) is 9.37 Å². The van der Waals surface area contributed by atoms with E-state index in [-0.39, 0.29) is 36.1 Å². The Kier molecular flexibility index (Phi) is 6.10. The number of thioether (sulfide) groups is 1. The van der Waals surface area contributed by atoms with E-state index in [4.69, 9.17) is 5.11 Å². The zero-order valence-electron chi connectivity index (χ0n) is 13.4. The molecule has 0 aliphatic rings. The first-order chi connectivity index (χ1) is 11.4. The molecule has 0 aliphatic heterocycles. The molecule has 0 spiro atoms. The molecule has 8 heteroatoms. The molecule has 0 atom stereocenters. The zero-order valence-corrected chi connectivity index (χ0v) is 14.2. The molecule has 3 N–H and O–H groups in total. The fourth-order valence-corrected chi connectivity index (χ4v) is 2.77. The number of halogens is 1. The Morgan fingerprint density at radius 1 is 1.42 bits per heavy atom. The van der Waals surface area contributed by atoms with Gasteiger partial charge in [0.05, 0.1) is 5.75 Å². The summed E-state index contributed by atoms with van der Waals surface area (Å²) in [4.78, 5) is 30.6. The molecule has 24 heavy (non-hydrogen) atoms. The average Bonchev–Trinajstić information content (AvgIpc) is 2.52. The van der Waals surface area contributed by atoms with E-state index in [0.717, 1.165) is 11.8 Å². The number of anilines is 1. The van der Waals surface area contributed by atoms with Crippen LogP contribution in [0.3, 0.4) is 0 Å². The van der Waals surface area contributed by atoms with Crippen molar-refractivity contribution in [1.82, 2.24) is 9.97 Å². The molecule has 1 aromatic carbocycles. The third kappa shape index (κ3) is 4.65. The number of aryl methyl sites for hydroxylation is 2. The summed E-state index contributed by atoms with van der Waals surface area (Å²) in [5.41, 5.74) is 1.51. The SMILES string of the molecule is Cc1ccc(NC(=O)CSc2nc(C)c(CCO)c(=O)[nH]2)cc1F. The van der Waals surface area contributed by atoms with Crippen LogP contribution in [0.25, 0.3) is 0 Å². The molecule has 1 heterocycles. The molecule has 1 amide bonds. The molecule has 2 aromatic rings. The lowest BCUT2D eigenvalue weighted by Gasteiger charge is -2.07. The molecule has 128 valence electrons. The Balaban J connectivity index is 1.98. The summed E-state index contributed by atoms with van der Waals surface area (Å²) in [5, 5.41) is 11.8. The maximum absolute atomic E-state index is 13.4. The van der Waals surface area contributed by atoms with E-state index in [1.807, 2.05) is 0 Å². The predicted molar refractivity (Wildman–Crippen MR) is 90.9 cm³/mol. The van der Waals surface area contributed by atoms with Gasteiger partial charge in [0, 0.05) is 30.0 Å². The number of rotatable bonds is 6. The number of hydrogen-bond donors (Lipinski definition) is 3. The lowest BCUT2D eigenvalue weighted by Crippen LogP contribution is -2.19. The van der Waals surface area contributed by atoms with Crippen molar-refractivity contribution in [3.8, 4) is 0 Å². The highest BCUT2D eigenvalue weighted by Gasteiger charge is 2.10. The Labute approximate surface area is 142 Å². The van der Waals surface area contributed by atoms with Crippen LogP contribution in [0.2, 0.25) is 0 Å². The maximum atomic E-state index is 13.4. The average molecular weight is 351 g/mol. The van der Waals surface area contributed by atoms with Gasteiger partial charge >= 0.3 is 0 Å². The summed E-state index contributed by atoms with van der Waals surface area (Å²) in [5.74, 6) is -0.693. The van der Waals surface area contributed by atoms with Crippen molar-refractivity contribution in [3.05, 3.63) is 51.2 Å². The van der Waals surface area contributed by atoms with Crippen molar-refractivity contribution in [1.29, 1.82) is 0 Å². The molecule has 0 aliphatic carbocycles. The smallest absolute Gasteiger partial charge is 0.255 e. The number of H-pyrrole nitrogens is 1. The second-order valence-electron chi connectivity index (χ2n) is 5.21. The third-order valence-electron chi connectivity index (χ3n) is 3.36. The molecular weight excluding hydrogens is 333 g/mol. The lowest BCUT2D eigenvalue weighted by molar-refractivity contribution is -0.113. The number of carbonyl (C=O) groups excluding carboxylic acids is 1. The van der Waals surface area contributed by atoms with Gasteiger partial charge < -0.3 is 15.4 Å². The first-order valence-corrected chi connectivity index (χ1v) is 8.28. The predicted octanol–water partition coefficient (Wildman–Crippen LogP) is 1.79. The molecule has 6 nitrogen and oxygen atoms in total. The van der Waals surface area contributed by atoms with E-state index >= 15 is 0 Å². The Hall–Kier alpha value is -2.19. The Morgan fingerprint density at radius 2 is 2.17 bits per heavy atom. The van der Waals surface area contributed by atoms with Crippen molar-refractivity contribution in [3.63, 3.8) is 0 Å². The van der Waals surface area contributed by atoms with E-state index in [0.29, 0.717) is 27.7 Å². The number of aliphatic hydroxyl groups is 1. The van der Waals surface area contributed by atoms with Crippen molar-refractivity contribution in [2.24, 2.45) is 0 Å². The van der Waals surface area contributed by atoms with Crippen molar-refractivity contribution in [2.45, 2.75) is 25.4 Å². The minimum absolute atomic E-state index is 0.0250. The normalized spacial score (nSPS) is 10.7. The highest BCUT2D eigenvalue weighted by Crippen LogP contribution is 2.16. The van der Waals surface area contributed by atoms with Crippen LogP contribution in [-0.2, 0) is 11.2 Å². The van der Waals surface area contributed by atoms with Gasteiger partial charge in [0.1, 0.15) is 5.82 Å². The van der Waals surface area contributed by atoms with Crippen molar-refractivity contribution in [2.75, 3.05) is 17.7 Å². The standard InChI is InChI=1S/C16H18FN3O3S/c1-9-3-4-11(7-13(9)17)19-14(22)8-24-16-18-10(2)12(5-6-21)15(23)20-16/h3-4,7,21H,5-6,8H2,1-2H3,(H,19,22)(H,18,20,23). The first-order valence-electron chi connectivity index (χ1n) is 7.30. The van der Waals surface area contributed by atoms with Gasteiger partial charge in [-0.05, 0) is 31.5 Å². The van der Waals surface area contributed by atoms with Gasteiger partial charge in [-0.1, -0.05) is 17.8 Å². The number of amides is 1. The largest absolute Gasteiger partial charge is 0.396 e. The van der Waals surface area contributed by atoms with Gasteiger partial charge in [0.25, 0.3) is 5.56 Å². The van der Waals surface area contributed by atoms with Crippen molar-refractivity contribution >= 4 is 23.4 Å². The number of benzene rings is 1. The minimum Gasteiger partial charge on any atom is -0.396 e. The van der Waals surface area contributed by atoms with Crippen LogP contribution in [0, 0.1) is 19.7 Å². The molecule has 0 radical (unpaired) electrons. The zero-order chi connectivity index (χ0) is 17.7. The quantitative estimate of drug-likeness (QED) is 0.545. The number of nitrogens with zero attached hydrogens (tertiary/aromatic N) is 1. The molecule has 0 unspecified atom stereocenters. The van der Waals surface area contributed by atoms with Crippen LogP contribution in [0.5, 0.6) is 0 Å². The van der Waals surface area contributed by atoms with Gasteiger partial charge in [0.2, 0.25) is 5.91 Å². The molecule has 2 rings (SSSR count). The molecule has 0 fully saturated rings. The number of nitrogens with one attached hydrogen (secondary N) is 2. The number of aromatic amines is 1.